The maximum absolute atomic E-state index is 13.0. The summed E-state index contributed by atoms with van der Waals surface area (Å²) in [6.07, 6.45) is 0. The third-order valence-corrected chi connectivity index (χ3v) is 3.54. The highest BCUT2D eigenvalue weighted by molar-refractivity contribution is 14.1. The van der Waals surface area contributed by atoms with Crippen LogP contribution in [0.1, 0.15) is 12.5 Å². The summed E-state index contributed by atoms with van der Waals surface area (Å²) in [6.45, 7) is 3.34. The molecule has 4 heteroatoms. The second-order valence-electron chi connectivity index (χ2n) is 4.05. The summed E-state index contributed by atoms with van der Waals surface area (Å²) in [5.41, 5.74) is 2.10. The minimum absolute atomic E-state index is 0.212. The molecule has 0 atom stereocenters. The van der Waals surface area contributed by atoms with Gasteiger partial charge in [-0.3, -0.25) is 0 Å². The van der Waals surface area contributed by atoms with Crippen molar-refractivity contribution < 1.29 is 9.13 Å². The molecule has 0 saturated carbocycles. The molecule has 0 saturated heterocycles. The van der Waals surface area contributed by atoms with Crippen LogP contribution in [0, 0.1) is 9.39 Å². The second kappa shape index (κ2) is 6.75. The molecule has 0 aromatic heterocycles. The lowest BCUT2D eigenvalue weighted by atomic mass is 10.2. The Labute approximate surface area is 126 Å². The lowest BCUT2D eigenvalue weighted by molar-refractivity contribution is 0.340. The van der Waals surface area contributed by atoms with Crippen LogP contribution in [0.4, 0.5) is 10.1 Å². The number of hydrogen-bond acceptors (Lipinski definition) is 2. The molecule has 0 amide bonds. The summed E-state index contributed by atoms with van der Waals surface area (Å²) in [5, 5.41) is 3.29. The fourth-order valence-electron chi connectivity index (χ4n) is 1.70. The summed E-state index contributed by atoms with van der Waals surface area (Å²) in [6, 6.07) is 12.7. The zero-order valence-corrected chi connectivity index (χ0v) is 12.8. The second-order valence-corrected chi connectivity index (χ2v) is 5.22. The standard InChI is InChI=1S/C15H15FINO/c1-2-19-13-6-3-11(4-7-13)10-18-15-8-5-12(16)9-14(15)17/h3-9,18H,2,10H2,1H3. The van der Waals surface area contributed by atoms with E-state index in [1.165, 1.54) is 12.1 Å². The highest BCUT2D eigenvalue weighted by atomic mass is 127. The fourth-order valence-corrected chi connectivity index (χ4v) is 2.37. The lowest BCUT2D eigenvalue weighted by Crippen LogP contribution is -2.01. The van der Waals surface area contributed by atoms with E-state index in [-0.39, 0.29) is 5.82 Å². The molecule has 0 radical (unpaired) electrons. The van der Waals surface area contributed by atoms with Crippen LogP contribution in [-0.4, -0.2) is 6.61 Å². The first kappa shape index (κ1) is 14.1. The Morgan fingerprint density at radius 2 is 1.89 bits per heavy atom. The van der Waals surface area contributed by atoms with Crippen molar-refractivity contribution in [3.05, 3.63) is 57.4 Å². The third kappa shape index (κ3) is 4.09. The molecule has 0 spiro atoms. The van der Waals surface area contributed by atoms with Crippen LogP contribution >= 0.6 is 22.6 Å². The largest absolute Gasteiger partial charge is 0.494 e. The fraction of sp³-hybridized carbons (Fsp3) is 0.200. The topological polar surface area (TPSA) is 21.3 Å². The van der Waals surface area contributed by atoms with Gasteiger partial charge < -0.3 is 10.1 Å². The molecule has 0 aliphatic heterocycles. The molecule has 19 heavy (non-hydrogen) atoms. The molecule has 1 N–H and O–H groups in total. The summed E-state index contributed by atoms with van der Waals surface area (Å²) in [4.78, 5) is 0. The molecular formula is C15H15FINO. The van der Waals surface area contributed by atoms with Crippen LogP contribution in [0.5, 0.6) is 5.75 Å². The van der Waals surface area contributed by atoms with Crippen molar-refractivity contribution in [3.63, 3.8) is 0 Å². The van der Waals surface area contributed by atoms with E-state index >= 15 is 0 Å². The van der Waals surface area contributed by atoms with Gasteiger partial charge in [-0.2, -0.15) is 0 Å². The molecule has 0 bridgehead atoms. The van der Waals surface area contributed by atoms with Crippen molar-refractivity contribution in [1.29, 1.82) is 0 Å². The van der Waals surface area contributed by atoms with Crippen molar-refractivity contribution in [2.24, 2.45) is 0 Å². The smallest absolute Gasteiger partial charge is 0.124 e. The first-order valence-electron chi connectivity index (χ1n) is 6.09. The Morgan fingerprint density at radius 3 is 2.53 bits per heavy atom. The van der Waals surface area contributed by atoms with Crippen LogP contribution in [0.3, 0.4) is 0 Å². The van der Waals surface area contributed by atoms with E-state index in [1.54, 1.807) is 6.07 Å². The highest BCUT2D eigenvalue weighted by Gasteiger charge is 2.01. The third-order valence-electron chi connectivity index (χ3n) is 2.65. The van der Waals surface area contributed by atoms with Crippen LogP contribution in [0.25, 0.3) is 0 Å². The van der Waals surface area contributed by atoms with Gasteiger partial charge in [0.15, 0.2) is 0 Å². The van der Waals surface area contributed by atoms with Gasteiger partial charge in [0, 0.05) is 15.8 Å². The monoisotopic (exact) mass is 371 g/mol. The first-order chi connectivity index (χ1) is 9.19. The van der Waals surface area contributed by atoms with E-state index in [0.29, 0.717) is 13.2 Å². The van der Waals surface area contributed by atoms with Crippen molar-refractivity contribution in [1.82, 2.24) is 0 Å². The molecule has 0 aliphatic rings. The maximum atomic E-state index is 13.0. The molecule has 100 valence electrons. The van der Waals surface area contributed by atoms with Crippen molar-refractivity contribution in [2.45, 2.75) is 13.5 Å². The Balaban J connectivity index is 1.98. The minimum Gasteiger partial charge on any atom is -0.494 e. The Kier molecular flexibility index (Phi) is 5.01. The minimum atomic E-state index is -0.212. The van der Waals surface area contributed by atoms with E-state index in [2.05, 4.69) is 27.9 Å². The molecule has 2 aromatic rings. The van der Waals surface area contributed by atoms with Gasteiger partial charge in [-0.25, -0.2) is 4.39 Å². The molecular weight excluding hydrogens is 356 g/mol. The van der Waals surface area contributed by atoms with Gasteiger partial charge in [0.1, 0.15) is 11.6 Å². The van der Waals surface area contributed by atoms with Gasteiger partial charge >= 0.3 is 0 Å². The van der Waals surface area contributed by atoms with Crippen molar-refractivity contribution >= 4 is 28.3 Å². The van der Waals surface area contributed by atoms with E-state index in [0.717, 1.165) is 20.6 Å². The number of ether oxygens (including phenoxy) is 1. The zero-order chi connectivity index (χ0) is 13.7. The Hall–Kier alpha value is -1.30. The van der Waals surface area contributed by atoms with Gasteiger partial charge in [0.25, 0.3) is 0 Å². The molecule has 0 aliphatic carbocycles. The van der Waals surface area contributed by atoms with Gasteiger partial charge in [-0.05, 0) is 65.4 Å². The van der Waals surface area contributed by atoms with Gasteiger partial charge in [-0.15, -0.1) is 0 Å². The predicted molar refractivity (Wildman–Crippen MR) is 84.1 cm³/mol. The van der Waals surface area contributed by atoms with Crippen LogP contribution in [-0.2, 0) is 6.54 Å². The van der Waals surface area contributed by atoms with Crippen LogP contribution < -0.4 is 10.1 Å². The normalized spacial score (nSPS) is 10.3. The van der Waals surface area contributed by atoms with E-state index in [9.17, 15) is 4.39 Å². The number of benzene rings is 2. The van der Waals surface area contributed by atoms with Crippen molar-refractivity contribution in [3.8, 4) is 5.75 Å². The summed E-state index contributed by atoms with van der Waals surface area (Å²) in [7, 11) is 0. The average molecular weight is 371 g/mol. The van der Waals surface area contributed by atoms with E-state index < -0.39 is 0 Å². The molecule has 2 nitrogen and oxygen atoms in total. The first-order valence-corrected chi connectivity index (χ1v) is 7.17. The summed E-state index contributed by atoms with van der Waals surface area (Å²) >= 11 is 2.12. The number of halogens is 2. The molecule has 2 aromatic carbocycles. The summed E-state index contributed by atoms with van der Waals surface area (Å²) in [5.74, 6) is 0.665. The molecule has 0 fully saturated rings. The SMILES string of the molecule is CCOc1ccc(CNc2ccc(F)cc2I)cc1. The lowest BCUT2D eigenvalue weighted by Gasteiger charge is -2.09. The number of hydrogen-bond donors (Lipinski definition) is 1. The zero-order valence-electron chi connectivity index (χ0n) is 10.6. The predicted octanol–water partition coefficient (Wildman–Crippen LogP) is 4.44. The van der Waals surface area contributed by atoms with Gasteiger partial charge in [0.05, 0.1) is 6.61 Å². The van der Waals surface area contributed by atoms with Gasteiger partial charge in [0.2, 0.25) is 0 Å². The highest BCUT2D eigenvalue weighted by Crippen LogP contribution is 2.20. The van der Waals surface area contributed by atoms with E-state index in [4.69, 9.17) is 4.74 Å². The molecule has 0 heterocycles. The van der Waals surface area contributed by atoms with Crippen LogP contribution in [0.2, 0.25) is 0 Å². The number of nitrogens with one attached hydrogen (secondary N) is 1. The number of rotatable bonds is 5. The molecule has 2 rings (SSSR count). The quantitative estimate of drug-likeness (QED) is 0.785. The average Bonchev–Trinajstić information content (AvgIpc) is 2.40. The van der Waals surface area contributed by atoms with Gasteiger partial charge in [-0.1, -0.05) is 12.1 Å². The van der Waals surface area contributed by atoms with Crippen molar-refractivity contribution in [2.75, 3.05) is 11.9 Å². The van der Waals surface area contributed by atoms with Crippen LogP contribution in [0.15, 0.2) is 42.5 Å². The Morgan fingerprint density at radius 1 is 1.16 bits per heavy atom. The maximum Gasteiger partial charge on any atom is 0.124 e. The van der Waals surface area contributed by atoms with E-state index in [1.807, 2.05) is 31.2 Å². The Bertz CT molecular complexity index is 542. The number of anilines is 1. The summed E-state index contributed by atoms with van der Waals surface area (Å²) < 4.78 is 19.3. The molecule has 0 unspecified atom stereocenters.